The van der Waals surface area contributed by atoms with Gasteiger partial charge in [-0.2, -0.15) is 0 Å². The first-order valence-corrected chi connectivity index (χ1v) is 13.1. The standard InChI is InChI=1S/C18H15Cl.C14H18N2/c19-14-7-10-16-13(11-14)6-9-17-15-4-2-1-3-12(15)5-8-18(16)17;1-11-3-5-13(9-15-11)7-8-14-6-4-12(2)16-10-14/h3,5-8,10-11H,1-2,4,9H2;3-6,9-11,15H,7-8H2,1-2H3. The van der Waals surface area contributed by atoms with Crippen molar-refractivity contribution in [1.82, 2.24) is 10.3 Å². The number of aromatic nitrogens is 1. The van der Waals surface area contributed by atoms with Crippen LogP contribution in [0, 0.1) is 17.4 Å². The number of pyridine rings is 1. The van der Waals surface area contributed by atoms with Crippen LogP contribution in [0.25, 0.3) is 12.2 Å². The van der Waals surface area contributed by atoms with Crippen LogP contribution in [-0.4, -0.2) is 11.0 Å². The van der Waals surface area contributed by atoms with Crippen LogP contribution >= 0.6 is 11.6 Å². The molecule has 0 spiro atoms. The molecule has 1 aliphatic heterocycles. The zero-order valence-corrected chi connectivity index (χ0v) is 21.4. The lowest BCUT2D eigenvalue weighted by Crippen LogP contribution is -2.20. The molecule has 0 saturated heterocycles. The number of benzene rings is 2. The molecule has 0 amide bonds. The van der Waals surface area contributed by atoms with E-state index >= 15 is 0 Å². The van der Waals surface area contributed by atoms with Gasteiger partial charge in [-0.05, 0) is 114 Å². The van der Waals surface area contributed by atoms with Gasteiger partial charge >= 0.3 is 0 Å². The van der Waals surface area contributed by atoms with Crippen molar-refractivity contribution in [2.24, 2.45) is 0 Å². The van der Waals surface area contributed by atoms with Gasteiger partial charge in [0.1, 0.15) is 0 Å². The van der Waals surface area contributed by atoms with Crippen molar-refractivity contribution >= 4 is 23.8 Å². The van der Waals surface area contributed by atoms with E-state index in [2.05, 4.69) is 84.1 Å². The lowest BCUT2D eigenvalue weighted by atomic mass is 9.89. The van der Waals surface area contributed by atoms with Crippen molar-refractivity contribution in [3.63, 3.8) is 0 Å². The summed E-state index contributed by atoms with van der Waals surface area (Å²) in [5.74, 6) is 0. The summed E-state index contributed by atoms with van der Waals surface area (Å²) in [5.41, 5.74) is 6.84. The van der Waals surface area contributed by atoms with Gasteiger partial charge < -0.3 is 5.32 Å². The highest BCUT2D eigenvalue weighted by Crippen LogP contribution is 2.18. The lowest BCUT2D eigenvalue weighted by Gasteiger charge is -2.16. The molecule has 1 N–H and O–H groups in total. The van der Waals surface area contributed by atoms with Gasteiger partial charge in [0.05, 0.1) is 0 Å². The van der Waals surface area contributed by atoms with Crippen LogP contribution in [0.15, 0.2) is 72.6 Å². The molecular weight excluding hydrogens is 448 g/mol. The second-order valence-corrected chi connectivity index (χ2v) is 10.2. The van der Waals surface area contributed by atoms with Crippen molar-refractivity contribution in [2.75, 3.05) is 0 Å². The van der Waals surface area contributed by atoms with Crippen molar-refractivity contribution in [3.8, 4) is 0 Å². The van der Waals surface area contributed by atoms with Gasteiger partial charge in [0.15, 0.2) is 0 Å². The average Bonchev–Trinajstić information content (AvgIpc) is 2.89. The smallest absolute Gasteiger partial charge is 0.0413 e. The van der Waals surface area contributed by atoms with E-state index in [1.165, 1.54) is 56.8 Å². The molecule has 0 bridgehead atoms. The van der Waals surface area contributed by atoms with Crippen LogP contribution in [-0.2, 0) is 19.3 Å². The topological polar surface area (TPSA) is 24.9 Å². The Morgan fingerprint density at radius 1 is 0.971 bits per heavy atom. The molecular formula is C32H33ClN2. The first-order chi connectivity index (χ1) is 17.1. The summed E-state index contributed by atoms with van der Waals surface area (Å²) in [6.07, 6.45) is 20.1. The Balaban J connectivity index is 0.000000148. The van der Waals surface area contributed by atoms with Gasteiger partial charge in [-0.15, -0.1) is 0 Å². The van der Waals surface area contributed by atoms with Gasteiger partial charge in [0.25, 0.3) is 0 Å². The first-order valence-electron chi connectivity index (χ1n) is 12.7. The molecule has 3 aromatic rings. The van der Waals surface area contributed by atoms with Crippen LogP contribution in [0.1, 0.15) is 48.6 Å². The summed E-state index contributed by atoms with van der Waals surface area (Å²) in [6, 6.07) is 15.5. The molecule has 178 valence electrons. The monoisotopic (exact) mass is 480 g/mol. The van der Waals surface area contributed by atoms with Crippen molar-refractivity contribution < 1.29 is 0 Å². The Kier molecular flexibility index (Phi) is 7.20. The summed E-state index contributed by atoms with van der Waals surface area (Å²) in [7, 11) is 0. The zero-order valence-electron chi connectivity index (χ0n) is 20.7. The maximum atomic E-state index is 6.09. The second kappa shape index (κ2) is 10.7. The predicted molar refractivity (Wildman–Crippen MR) is 148 cm³/mol. The maximum absolute atomic E-state index is 6.09. The highest BCUT2D eigenvalue weighted by molar-refractivity contribution is 6.30. The number of allylic oxidation sites excluding steroid dienone is 2. The molecule has 1 aromatic heterocycles. The summed E-state index contributed by atoms with van der Waals surface area (Å²) >= 11 is 6.09. The molecule has 2 heterocycles. The molecule has 1 unspecified atom stereocenters. The third kappa shape index (κ3) is 5.60. The fourth-order valence-electron chi connectivity index (χ4n) is 5.08. The summed E-state index contributed by atoms with van der Waals surface area (Å²) < 4.78 is 0. The number of halogens is 1. The molecule has 0 radical (unpaired) electrons. The molecule has 2 nitrogen and oxygen atoms in total. The number of nitrogens with zero attached hydrogens (tertiary/aromatic N) is 1. The number of dihydropyridines is 1. The van der Waals surface area contributed by atoms with Crippen LogP contribution in [0.3, 0.4) is 0 Å². The lowest BCUT2D eigenvalue weighted by molar-refractivity contribution is 0.743. The van der Waals surface area contributed by atoms with Gasteiger partial charge in [0.2, 0.25) is 0 Å². The molecule has 35 heavy (non-hydrogen) atoms. The highest BCUT2D eigenvalue weighted by Gasteiger charge is 2.11. The van der Waals surface area contributed by atoms with Gasteiger partial charge in [-0.1, -0.05) is 60.2 Å². The Morgan fingerprint density at radius 2 is 1.86 bits per heavy atom. The van der Waals surface area contributed by atoms with E-state index in [1.54, 1.807) is 5.56 Å². The van der Waals surface area contributed by atoms with Gasteiger partial charge in [-0.3, -0.25) is 4.98 Å². The molecule has 2 aromatic carbocycles. The zero-order chi connectivity index (χ0) is 24.2. The number of fused-ring (bicyclic) bond motifs is 4. The third-order valence-corrected chi connectivity index (χ3v) is 7.33. The fourth-order valence-corrected chi connectivity index (χ4v) is 5.26. The molecule has 1 atom stereocenters. The van der Waals surface area contributed by atoms with Gasteiger partial charge in [-0.25, -0.2) is 0 Å². The Hall–Kier alpha value is -3.10. The van der Waals surface area contributed by atoms with Crippen LogP contribution in [0.2, 0.25) is 5.02 Å². The van der Waals surface area contributed by atoms with Crippen LogP contribution in [0.5, 0.6) is 0 Å². The van der Waals surface area contributed by atoms with E-state index < -0.39 is 0 Å². The number of hydrogen-bond donors (Lipinski definition) is 1. The summed E-state index contributed by atoms with van der Waals surface area (Å²) in [4.78, 5) is 4.30. The van der Waals surface area contributed by atoms with Crippen molar-refractivity contribution in [3.05, 3.63) is 121 Å². The maximum Gasteiger partial charge on any atom is 0.0413 e. The van der Waals surface area contributed by atoms with Crippen molar-refractivity contribution in [2.45, 2.75) is 58.4 Å². The number of aryl methyl sites for hydroxylation is 2. The second-order valence-electron chi connectivity index (χ2n) is 9.74. The molecule has 2 aliphatic carbocycles. The Labute approximate surface area is 213 Å². The largest absolute Gasteiger partial charge is 0.385 e. The highest BCUT2D eigenvalue weighted by atomic mass is 35.5. The number of rotatable bonds is 3. The van der Waals surface area contributed by atoms with E-state index in [0.29, 0.717) is 6.04 Å². The summed E-state index contributed by atoms with van der Waals surface area (Å²) in [6.45, 7) is 4.16. The Bertz CT molecular complexity index is 1500. The molecule has 6 rings (SSSR count). The molecule has 0 fully saturated rings. The van der Waals surface area contributed by atoms with E-state index in [4.69, 9.17) is 11.6 Å². The molecule has 0 saturated carbocycles. The minimum atomic E-state index is 0.463. The quantitative estimate of drug-likeness (QED) is 0.509. The minimum absolute atomic E-state index is 0.463. The van der Waals surface area contributed by atoms with E-state index in [0.717, 1.165) is 30.0 Å². The fraction of sp³-hybridized carbons (Fsp3) is 0.281. The summed E-state index contributed by atoms with van der Waals surface area (Å²) in [5, 5.41) is 9.61. The normalized spacial score (nSPS) is 17.2. The predicted octanol–water partition coefficient (Wildman–Crippen LogP) is 5.83. The van der Waals surface area contributed by atoms with E-state index in [-0.39, 0.29) is 0 Å². The van der Waals surface area contributed by atoms with Crippen LogP contribution in [0.4, 0.5) is 0 Å². The Morgan fingerprint density at radius 3 is 2.66 bits per heavy atom. The number of nitrogens with one attached hydrogen (secondary N) is 1. The molecule has 3 aliphatic rings. The van der Waals surface area contributed by atoms with E-state index in [9.17, 15) is 0 Å². The van der Waals surface area contributed by atoms with Crippen LogP contribution < -0.4 is 15.8 Å². The van der Waals surface area contributed by atoms with Gasteiger partial charge in [0, 0.05) is 29.2 Å². The van der Waals surface area contributed by atoms with E-state index in [1.807, 2.05) is 19.2 Å². The first kappa shape index (κ1) is 23.6. The average molecular weight is 481 g/mol. The third-order valence-electron chi connectivity index (χ3n) is 7.10. The molecule has 3 heteroatoms. The SMILES string of the molecule is Cc1ccc(CCC2=CNC(C)C=C2)cn1.Clc1ccc2c(c1)=CCc1c3c(ccc1=2)=CCCC3. The van der Waals surface area contributed by atoms with Crippen molar-refractivity contribution in [1.29, 1.82) is 0 Å². The number of hydrogen-bond acceptors (Lipinski definition) is 2. The minimum Gasteiger partial charge on any atom is -0.385 e.